The van der Waals surface area contributed by atoms with Crippen LogP contribution in [0.15, 0.2) is 54.7 Å². The summed E-state index contributed by atoms with van der Waals surface area (Å²) >= 11 is 2.33. The number of fused-ring (bicyclic) bond motifs is 1. The van der Waals surface area contributed by atoms with Crippen molar-refractivity contribution in [3.63, 3.8) is 0 Å². The van der Waals surface area contributed by atoms with Crippen molar-refractivity contribution in [3.05, 3.63) is 80.6 Å². The van der Waals surface area contributed by atoms with Crippen LogP contribution in [0.2, 0.25) is 0 Å². The molecule has 1 atom stereocenters. The number of benzene rings is 2. The molecule has 0 saturated carbocycles. The Balaban J connectivity index is 1.69. The highest BCUT2D eigenvalue weighted by molar-refractivity contribution is 14.1. The van der Waals surface area contributed by atoms with Gasteiger partial charge in [-0.2, -0.15) is 5.10 Å². The number of nitrogens with zero attached hydrogens (tertiary/aromatic N) is 2. The third kappa shape index (κ3) is 4.48. The van der Waals surface area contributed by atoms with Crippen molar-refractivity contribution in [1.29, 1.82) is 0 Å². The van der Waals surface area contributed by atoms with Crippen LogP contribution in [-0.2, 0) is 11.0 Å². The Morgan fingerprint density at radius 1 is 1.15 bits per heavy atom. The zero-order chi connectivity index (χ0) is 23.8. The summed E-state index contributed by atoms with van der Waals surface area (Å²) in [4.78, 5) is 13.8. The predicted octanol–water partition coefficient (Wildman–Crippen LogP) is 7.42. The monoisotopic (exact) mass is 555 g/mol. The molecule has 1 aromatic heterocycles. The van der Waals surface area contributed by atoms with Crippen molar-refractivity contribution < 1.29 is 4.79 Å². The summed E-state index contributed by atoms with van der Waals surface area (Å²) in [7, 11) is 0. The van der Waals surface area contributed by atoms with Gasteiger partial charge in [0.05, 0.1) is 23.3 Å². The number of carbonyl (C=O) groups is 1. The maximum atomic E-state index is 13.8. The average Bonchev–Trinajstić information content (AvgIpc) is 3.23. The molecule has 0 amide bonds. The van der Waals surface area contributed by atoms with Gasteiger partial charge in [0.15, 0.2) is 5.78 Å². The van der Waals surface area contributed by atoms with Gasteiger partial charge in [-0.3, -0.25) is 4.79 Å². The molecule has 0 spiro atoms. The molecule has 0 saturated heterocycles. The summed E-state index contributed by atoms with van der Waals surface area (Å²) in [5.74, 6) is 1.01. The van der Waals surface area contributed by atoms with E-state index in [1.807, 2.05) is 4.68 Å². The number of rotatable bonds is 7. The summed E-state index contributed by atoms with van der Waals surface area (Å²) in [6.07, 6.45) is 5.01. The lowest BCUT2D eigenvalue weighted by molar-refractivity contribution is 0.0944. The minimum Gasteiger partial charge on any atom is -0.363 e. The Morgan fingerprint density at radius 2 is 1.82 bits per heavy atom. The fourth-order valence-corrected chi connectivity index (χ4v) is 5.69. The first-order chi connectivity index (χ1) is 15.7. The molecule has 0 radical (unpaired) electrons. The Morgan fingerprint density at radius 3 is 2.45 bits per heavy atom. The quantitative estimate of drug-likeness (QED) is 0.244. The van der Waals surface area contributed by atoms with Crippen LogP contribution in [0.1, 0.15) is 86.5 Å². The van der Waals surface area contributed by atoms with Crippen molar-refractivity contribution in [1.82, 2.24) is 9.78 Å². The molecule has 33 heavy (non-hydrogen) atoms. The second kappa shape index (κ2) is 9.24. The average molecular weight is 556 g/mol. The largest absolute Gasteiger partial charge is 0.363 e. The highest BCUT2D eigenvalue weighted by Gasteiger charge is 2.39. The molecule has 1 aliphatic rings. The molecule has 5 heteroatoms. The summed E-state index contributed by atoms with van der Waals surface area (Å²) in [5.41, 5.74) is 4.14. The van der Waals surface area contributed by atoms with Crippen LogP contribution in [0, 0.1) is 10.5 Å². The molecule has 1 aliphatic heterocycles. The van der Waals surface area contributed by atoms with Crippen LogP contribution < -0.4 is 5.32 Å². The van der Waals surface area contributed by atoms with Gasteiger partial charge >= 0.3 is 0 Å². The minimum atomic E-state index is -0.186. The Bertz CT molecular complexity index is 1140. The van der Waals surface area contributed by atoms with Gasteiger partial charge in [0, 0.05) is 15.4 Å². The van der Waals surface area contributed by atoms with Crippen molar-refractivity contribution >= 4 is 34.2 Å². The number of hydrogen-bond acceptors (Lipinski definition) is 3. The third-order valence-corrected chi connectivity index (χ3v) is 8.25. The molecule has 1 unspecified atom stereocenters. The predicted molar refractivity (Wildman–Crippen MR) is 144 cm³/mol. The molecule has 0 aliphatic carbocycles. The molecular weight excluding hydrogens is 521 g/mol. The fraction of sp³-hybridized carbons (Fsp3) is 0.429. The van der Waals surface area contributed by atoms with E-state index in [9.17, 15) is 4.79 Å². The summed E-state index contributed by atoms with van der Waals surface area (Å²) in [5, 5.41) is 8.37. The molecule has 0 fully saturated rings. The van der Waals surface area contributed by atoms with E-state index in [2.05, 4.69) is 116 Å². The lowest BCUT2D eigenvalue weighted by Gasteiger charge is -2.39. The van der Waals surface area contributed by atoms with E-state index < -0.39 is 0 Å². The number of aryl methyl sites for hydroxylation is 1. The van der Waals surface area contributed by atoms with Gasteiger partial charge in [-0.15, -0.1) is 0 Å². The van der Waals surface area contributed by atoms with Gasteiger partial charge in [-0.1, -0.05) is 50.2 Å². The molecule has 4 rings (SSSR count). The topological polar surface area (TPSA) is 46.9 Å². The molecule has 3 aromatic rings. The number of aromatic nitrogens is 2. The van der Waals surface area contributed by atoms with Crippen molar-refractivity contribution in [2.75, 3.05) is 5.32 Å². The Kier molecular flexibility index (Phi) is 6.72. The van der Waals surface area contributed by atoms with E-state index in [0.717, 1.165) is 25.1 Å². The lowest BCUT2D eigenvalue weighted by atomic mass is 9.71. The van der Waals surface area contributed by atoms with E-state index in [-0.39, 0.29) is 22.8 Å². The van der Waals surface area contributed by atoms with Crippen LogP contribution in [-0.4, -0.2) is 15.6 Å². The maximum Gasteiger partial charge on any atom is 0.169 e. The van der Waals surface area contributed by atoms with Gasteiger partial charge in [0.2, 0.25) is 0 Å². The van der Waals surface area contributed by atoms with E-state index in [0.29, 0.717) is 12.0 Å². The van der Waals surface area contributed by atoms with Crippen LogP contribution in [0.4, 0.5) is 5.82 Å². The Hall–Kier alpha value is -2.15. The summed E-state index contributed by atoms with van der Waals surface area (Å²) < 4.78 is 3.22. The second-order valence-electron chi connectivity index (χ2n) is 9.98. The number of hydrogen-bond donors (Lipinski definition) is 1. The van der Waals surface area contributed by atoms with E-state index in [1.54, 1.807) is 6.20 Å². The molecule has 174 valence electrons. The first kappa shape index (κ1) is 24.0. The van der Waals surface area contributed by atoms with Crippen LogP contribution in [0.5, 0.6) is 0 Å². The van der Waals surface area contributed by atoms with Crippen LogP contribution in [0.25, 0.3) is 0 Å². The highest BCUT2D eigenvalue weighted by Crippen LogP contribution is 2.42. The van der Waals surface area contributed by atoms with Gasteiger partial charge in [-0.05, 0) is 91.4 Å². The van der Waals surface area contributed by atoms with Crippen molar-refractivity contribution in [2.45, 2.75) is 77.3 Å². The maximum absolute atomic E-state index is 13.8. The SMILES string of the molecule is CCC(CC)(CC(=O)c1cnn2c1NC(c1ccccc1C)CC2(C)C)c1ccc(I)cc1. The van der Waals surface area contributed by atoms with E-state index in [4.69, 9.17) is 0 Å². The van der Waals surface area contributed by atoms with Crippen molar-refractivity contribution in [3.8, 4) is 0 Å². The molecule has 4 nitrogen and oxygen atoms in total. The minimum absolute atomic E-state index is 0.148. The third-order valence-electron chi connectivity index (χ3n) is 7.53. The number of ketones is 1. The molecule has 2 aromatic carbocycles. The Labute approximate surface area is 211 Å². The zero-order valence-electron chi connectivity index (χ0n) is 20.3. The van der Waals surface area contributed by atoms with Gasteiger partial charge in [0.1, 0.15) is 5.82 Å². The number of carbonyl (C=O) groups excluding carboxylic acids is 1. The number of halogens is 1. The smallest absolute Gasteiger partial charge is 0.169 e. The number of Topliss-reactive ketones (excluding diaryl/α,β-unsaturated/α-hetero) is 1. The second-order valence-corrected chi connectivity index (χ2v) is 11.2. The zero-order valence-corrected chi connectivity index (χ0v) is 22.4. The first-order valence-corrected chi connectivity index (χ1v) is 13.0. The number of anilines is 1. The van der Waals surface area contributed by atoms with Gasteiger partial charge < -0.3 is 5.32 Å². The molecule has 0 bridgehead atoms. The fourth-order valence-electron chi connectivity index (χ4n) is 5.33. The molecule has 1 N–H and O–H groups in total. The standard InChI is InChI=1S/C28H34IN3O/c1-6-28(7-2,20-12-14-21(29)15-13-20)17-25(33)23-18-30-32-26(23)31-24(16-27(32,4)5)22-11-9-8-10-19(22)3/h8-15,18,24,31H,6-7,16-17H2,1-5H3. The van der Waals surface area contributed by atoms with Gasteiger partial charge in [-0.25, -0.2) is 4.68 Å². The number of nitrogens with one attached hydrogen (secondary N) is 1. The van der Waals surface area contributed by atoms with Crippen LogP contribution in [0.3, 0.4) is 0 Å². The normalized spacial score (nSPS) is 17.3. The van der Waals surface area contributed by atoms with Crippen molar-refractivity contribution in [2.24, 2.45) is 0 Å². The van der Waals surface area contributed by atoms with E-state index >= 15 is 0 Å². The molecular formula is C28H34IN3O. The first-order valence-electron chi connectivity index (χ1n) is 11.9. The van der Waals surface area contributed by atoms with Gasteiger partial charge in [0.25, 0.3) is 0 Å². The molecule has 2 heterocycles. The highest BCUT2D eigenvalue weighted by atomic mass is 127. The van der Waals surface area contributed by atoms with E-state index in [1.165, 1.54) is 20.3 Å². The summed E-state index contributed by atoms with van der Waals surface area (Å²) in [6, 6.07) is 17.3. The lowest BCUT2D eigenvalue weighted by Crippen LogP contribution is -2.38. The van der Waals surface area contributed by atoms with Crippen LogP contribution >= 0.6 is 22.6 Å². The summed E-state index contributed by atoms with van der Waals surface area (Å²) in [6.45, 7) is 10.9.